The van der Waals surface area contributed by atoms with Gasteiger partial charge in [-0.3, -0.25) is 0 Å². The summed E-state index contributed by atoms with van der Waals surface area (Å²) >= 11 is 0. The molecule has 0 saturated carbocycles. The molecule has 14 rings (SSSR count). The van der Waals surface area contributed by atoms with Gasteiger partial charge in [0.2, 0.25) is 0 Å². The first-order valence-electron chi connectivity index (χ1n) is 35.1. The Kier molecular flexibility index (Phi) is 36.0. The summed E-state index contributed by atoms with van der Waals surface area (Å²) in [5.41, 5.74) is 36.2. The normalized spacial score (nSPS) is 10.7. The summed E-state index contributed by atoms with van der Waals surface area (Å²) in [4.78, 5) is 19.0. The molecule has 0 heterocycles. The van der Waals surface area contributed by atoms with E-state index in [1.165, 1.54) is 44.5 Å². The van der Waals surface area contributed by atoms with E-state index in [2.05, 4.69) is 152 Å². The molecule has 0 bridgehead atoms. The van der Waals surface area contributed by atoms with E-state index in [4.69, 9.17) is 52.7 Å². The minimum Gasteiger partial charge on any atom is -0.699 e. The number of hydrogen-bond donors (Lipinski definition) is 0. The van der Waals surface area contributed by atoms with Crippen LogP contribution >= 0.6 is 0 Å². The molecule has 0 aliphatic heterocycles. The van der Waals surface area contributed by atoms with Gasteiger partial charge in [0, 0.05) is 0 Å². The topological polar surface area (TPSA) is 153 Å². The summed E-state index contributed by atoms with van der Waals surface area (Å²) in [6.07, 6.45) is 0. The molecular weight excluding hydrogens is 1640 g/mol. The van der Waals surface area contributed by atoms with Gasteiger partial charge < -0.3 is 52.7 Å². The Morgan fingerprint density at radius 1 is 0.185 bits per heavy atom. The molecule has 0 aliphatic rings. The molecule has 0 atom stereocenters. The van der Waals surface area contributed by atoms with Crippen molar-refractivity contribution >= 4 is 80.2 Å². The first-order chi connectivity index (χ1) is 51.6. The van der Waals surface area contributed by atoms with E-state index < -0.39 is 0 Å². The zero-order chi connectivity index (χ0) is 74.5. The van der Waals surface area contributed by atoms with E-state index >= 15 is 0 Å². The van der Waals surface area contributed by atoms with Gasteiger partial charge in [0.05, 0.1) is 0 Å². The minimum atomic E-state index is 0. The molecule has 0 aliphatic carbocycles. The fraction of sp³-hybridized carbons (Fsp3) is 0.0833. The van der Waals surface area contributed by atoms with Gasteiger partial charge in [-0.25, -0.2) is 0 Å². The van der Waals surface area contributed by atoms with Gasteiger partial charge in [-0.15, -0.1) is 11.4 Å². The minimum absolute atomic E-state index is 0. The summed E-state index contributed by atoms with van der Waals surface area (Å²) in [6.45, 7) is 16.6. The van der Waals surface area contributed by atoms with Gasteiger partial charge in [-0.2, -0.15) is 0 Å². The van der Waals surface area contributed by atoms with Crippen molar-refractivity contribution in [3.63, 3.8) is 0 Å². The van der Waals surface area contributed by atoms with Gasteiger partial charge in [-0.05, 0) is 123 Å². The molecule has 552 valence electrons. The SMILES string of the molecule is Cc1ccc(N=C([N-]c2ccc(C)cc2)c2ccccc2)cc1.Cc1ccc(N=C([N-]c2ccc(C)cc2)c2ccccc2)cc1.Cc1ccc(N=C([N-]c2ccc(C)cc2)c2ccccc2)cc1.Cc1ccc(N=C([N-]c2ccc(C)cc2)c2ccccc2)cc1.[Lu+3].[Lu+3].[NH-]c1ccccc1.[NH-]c1ccccc1. The van der Waals surface area contributed by atoms with Crippen molar-refractivity contribution in [3.05, 3.63) is 476 Å². The van der Waals surface area contributed by atoms with Crippen LogP contribution < -0.4 is 0 Å². The average Bonchev–Trinajstić information content (AvgIpc) is 0.867. The quantitative estimate of drug-likeness (QED) is 0.0844. The Balaban J connectivity index is 0.000000187. The second-order valence-corrected chi connectivity index (χ2v) is 25.1. The number of amidine groups is 4. The van der Waals surface area contributed by atoms with E-state index in [1.807, 2.05) is 255 Å². The number of hydrogen-bond acceptors (Lipinski definition) is 4. The second-order valence-electron chi connectivity index (χ2n) is 25.1. The van der Waals surface area contributed by atoms with Crippen LogP contribution in [0.1, 0.15) is 66.8 Å². The average molecular weight is 1730 g/mol. The van der Waals surface area contributed by atoms with Crippen LogP contribution in [0.5, 0.6) is 0 Å². The van der Waals surface area contributed by atoms with Crippen LogP contribution in [0.4, 0.5) is 56.9 Å². The largest absolute Gasteiger partial charge is 3.00 e. The molecule has 0 amide bonds. The van der Waals surface area contributed by atoms with E-state index in [1.54, 1.807) is 24.3 Å². The Morgan fingerprint density at radius 2 is 0.324 bits per heavy atom. The molecule has 14 aromatic carbocycles. The predicted molar refractivity (Wildman–Crippen MR) is 453 cm³/mol. The first kappa shape index (κ1) is 84.3. The molecular formula is C96H88Lu2N10. The van der Waals surface area contributed by atoms with Crippen molar-refractivity contribution < 1.29 is 73.7 Å². The van der Waals surface area contributed by atoms with Crippen LogP contribution in [0, 0.1) is 129 Å². The van der Waals surface area contributed by atoms with Crippen LogP contribution in [0.2, 0.25) is 0 Å². The van der Waals surface area contributed by atoms with Crippen molar-refractivity contribution in [3.8, 4) is 0 Å². The third-order valence-electron chi connectivity index (χ3n) is 15.8. The second kappa shape index (κ2) is 46.2. The number of aliphatic imine (C=N–C) groups is 4. The molecule has 0 saturated heterocycles. The summed E-state index contributed by atoms with van der Waals surface area (Å²) in [5.74, 6) is 2.88. The van der Waals surface area contributed by atoms with Crippen LogP contribution in [-0.4, -0.2) is 23.3 Å². The third kappa shape index (κ3) is 30.8. The van der Waals surface area contributed by atoms with Gasteiger partial charge in [0.1, 0.15) is 0 Å². The molecule has 0 radical (unpaired) electrons. The van der Waals surface area contributed by atoms with Crippen molar-refractivity contribution in [1.82, 2.24) is 0 Å². The number of nitrogens with zero attached hydrogens (tertiary/aromatic N) is 8. The molecule has 0 fully saturated rings. The van der Waals surface area contributed by atoms with Crippen molar-refractivity contribution in [2.75, 3.05) is 0 Å². The monoisotopic (exact) mass is 1730 g/mol. The maximum atomic E-state index is 7.00. The Hall–Kier alpha value is -11.0. The van der Waals surface area contributed by atoms with E-state index in [0.29, 0.717) is 11.4 Å². The number of nitrogens with one attached hydrogen (secondary N) is 2. The molecule has 12 heteroatoms. The van der Waals surface area contributed by atoms with E-state index in [0.717, 1.165) is 91.1 Å². The maximum Gasteiger partial charge on any atom is 3.00 e. The molecule has 0 spiro atoms. The molecule has 2 N–H and O–H groups in total. The number of benzene rings is 14. The smallest absolute Gasteiger partial charge is 0.699 e. The number of aryl methyl sites for hydroxylation is 8. The van der Waals surface area contributed by atoms with Gasteiger partial charge in [0.25, 0.3) is 0 Å². The van der Waals surface area contributed by atoms with E-state index in [-0.39, 0.29) is 73.7 Å². The van der Waals surface area contributed by atoms with Crippen molar-refractivity contribution in [2.45, 2.75) is 55.4 Å². The van der Waals surface area contributed by atoms with Crippen LogP contribution in [-0.2, 0) is 0 Å². The Bertz CT molecular complexity index is 4370. The van der Waals surface area contributed by atoms with Gasteiger partial charge >= 0.3 is 73.7 Å². The molecule has 0 aromatic heterocycles. The Morgan fingerprint density at radius 3 is 0.463 bits per heavy atom. The van der Waals surface area contributed by atoms with Crippen LogP contribution in [0.3, 0.4) is 0 Å². The van der Waals surface area contributed by atoms with E-state index in [9.17, 15) is 0 Å². The molecule has 10 nitrogen and oxygen atoms in total. The summed E-state index contributed by atoms with van der Waals surface area (Å²) < 4.78 is 0. The van der Waals surface area contributed by atoms with Crippen molar-refractivity contribution in [2.24, 2.45) is 20.0 Å². The fourth-order valence-electron chi connectivity index (χ4n) is 9.77. The fourth-order valence-corrected chi connectivity index (χ4v) is 9.77. The standard InChI is InChI=1S/4C21H19N2.2C6H6N.2Lu/c4*1-16-8-12-19(13-9-16)22-21(18-6-4-3-5-7-18)23-20-14-10-17(2)11-15-20;2*7-6-4-2-1-3-5-6;;/h4*3-15H,1-2H3;2*1-5,7H;;/q6*-1;2*+3. The summed E-state index contributed by atoms with van der Waals surface area (Å²) in [6, 6.07) is 124. The number of rotatable bonds is 12. The van der Waals surface area contributed by atoms with Crippen molar-refractivity contribution in [1.29, 1.82) is 0 Å². The zero-order valence-corrected chi connectivity index (χ0v) is 65.2. The summed E-state index contributed by atoms with van der Waals surface area (Å²) in [5, 5.41) is 19.0. The maximum absolute atomic E-state index is 7.00. The van der Waals surface area contributed by atoms with Crippen LogP contribution in [0.25, 0.3) is 32.7 Å². The Labute approximate surface area is 698 Å². The summed E-state index contributed by atoms with van der Waals surface area (Å²) in [7, 11) is 0. The molecule has 14 aromatic rings. The van der Waals surface area contributed by atoms with Gasteiger partial charge in [0.15, 0.2) is 0 Å². The first-order valence-corrected chi connectivity index (χ1v) is 35.1. The zero-order valence-electron chi connectivity index (χ0n) is 61.9. The van der Waals surface area contributed by atoms with Crippen LogP contribution in [0.15, 0.2) is 396 Å². The third-order valence-corrected chi connectivity index (χ3v) is 15.8. The predicted octanol–water partition coefficient (Wildman–Crippen LogP) is 29.1. The molecule has 0 unspecified atom stereocenters. The molecule has 108 heavy (non-hydrogen) atoms. The van der Waals surface area contributed by atoms with Gasteiger partial charge in [-0.1, -0.05) is 444 Å².